The summed E-state index contributed by atoms with van der Waals surface area (Å²) in [6.07, 6.45) is -5.28. The standard InChI is InChI=1S/C9H14F3N5O2S/c1-16-4-6(13-2-3-18)17(19,5-16)8-15-14-7(20-8)9(10,11)12/h6,13,18H,2-5H2,1H3. The monoisotopic (exact) mass is 313 g/mol. The van der Waals surface area contributed by atoms with E-state index in [1.807, 2.05) is 0 Å². The van der Waals surface area contributed by atoms with E-state index >= 15 is 0 Å². The molecule has 0 radical (unpaired) electrons. The van der Waals surface area contributed by atoms with Gasteiger partial charge in [-0.25, -0.2) is 0 Å². The molecule has 1 fully saturated rings. The Morgan fingerprint density at radius 1 is 1.55 bits per heavy atom. The first-order valence-corrected chi connectivity index (χ1v) is 6.62. The second kappa shape index (κ2) is 5.50. The Bertz CT molecular complexity index is 471. The van der Waals surface area contributed by atoms with Crippen LogP contribution in [0.4, 0.5) is 18.3 Å². The third kappa shape index (κ3) is 2.92. The van der Waals surface area contributed by atoms with Crippen molar-refractivity contribution < 1.29 is 18.3 Å². The van der Waals surface area contributed by atoms with Crippen LogP contribution < -0.4 is 9.96 Å². The first kappa shape index (κ1) is 15.5. The molecule has 0 amide bonds. The van der Waals surface area contributed by atoms with Crippen molar-refractivity contribution in [1.29, 1.82) is 0 Å². The Morgan fingerprint density at radius 3 is 2.80 bits per heavy atom. The first-order chi connectivity index (χ1) is 9.27. The number of hydrogen-bond donors (Lipinski definition) is 2. The van der Waals surface area contributed by atoms with Crippen molar-refractivity contribution in [3.05, 3.63) is 10.2 Å². The fraction of sp³-hybridized carbons (Fsp3) is 0.778. The molecule has 7 nitrogen and oxygen atoms in total. The van der Waals surface area contributed by atoms with Gasteiger partial charge in [0.2, 0.25) is 5.01 Å². The normalized spacial score (nSPS) is 28.2. The van der Waals surface area contributed by atoms with Crippen molar-refractivity contribution in [2.75, 3.05) is 33.4 Å². The molecule has 2 atom stereocenters. The van der Waals surface area contributed by atoms with Gasteiger partial charge in [-0.2, -0.15) is 13.2 Å². The lowest BCUT2D eigenvalue weighted by Crippen LogP contribution is -2.56. The maximum atomic E-state index is 12.8. The molecule has 0 saturated carbocycles. The number of hydroxylamine groups is 2. The Kier molecular flexibility index (Phi) is 4.27. The number of aromatic nitrogens is 2. The van der Waals surface area contributed by atoms with E-state index in [4.69, 9.17) is 5.11 Å². The van der Waals surface area contributed by atoms with E-state index in [0.717, 1.165) is 0 Å². The number of quaternary nitrogens is 1. The summed E-state index contributed by atoms with van der Waals surface area (Å²) in [5.74, 6) is 0. The molecule has 1 aromatic heterocycles. The van der Waals surface area contributed by atoms with Crippen molar-refractivity contribution in [2.45, 2.75) is 12.3 Å². The first-order valence-electron chi connectivity index (χ1n) is 5.80. The summed E-state index contributed by atoms with van der Waals surface area (Å²) < 4.78 is 36.6. The molecule has 11 heteroatoms. The van der Waals surface area contributed by atoms with Crippen molar-refractivity contribution >= 4 is 16.5 Å². The summed E-state index contributed by atoms with van der Waals surface area (Å²) in [7, 11) is 1.69. The molecule has 20 heavy (non-hydrogen) atoms. The highest BCUT2D eigenvalue weighted by molar-refractivity contribution is 7.15. The molecule has 0 aliphatic carbocycles. The molecule has 2 unspecified atom stereocenters. The van der Waals surface area contributed by atoms with Crippen molar-refractivity contribution in [2.24, 2.45) is 0 Å². The Morgan fingerprint density at radius 2 is 2.25 bits per heavy atom. The number of nitrogens with one attached hydrogen (secondary N) is 1. The van der Waals surface area contributed by atoms with E-state index in [0.29, 0.717) is 6.54 Å². The molecule has 1 aliphatic heterocycles. The van der Waals surface area contributed by atoms with Gasteiger partial charge in [0, 0.05) is 6.54 Å². The number of rotatable bonds is 4. The number of likely N-dealkylation sites (N-methyl/N-ethyl adjacent to an activating group) is 1. The minimum Gasteiger partial charge on any atom is -0.623 e. The Hall–Kier alpha value is -0.850. The fourth-order valence-corrected chi connectivity index (χ4v) is 2.85. The van der Waals surface area contributed by atoms with Crippen LogP contribution in [-0.4, -0.2) is 59.8 Å². The zero-order valence-electron chi connectivity index (χ0n) is 10.6. The van der Waals surface area contributed by atoms with Crippen LogP contribution in [0.25, 0.3) is 0 Å². The predicted octanol–water partition coefficient (Wildman–Crippen LogP) is 0.173. The van der Waals surface area contributed by atoms with Crippen molar-refractivity contribution in [1.82, 2.24) is 25.1 Å². The highest BCUT2D eigenvalue weighted by Gasteiger charge is 2.45. The van der Waals surface area contributed by atoms with Gasteiger partial charge in [-0.3, -0.25) is 14.9 Å². The quantitative estimate of drug-likeness (QED) is 0.609. The van der Waals surface area contributed by atoms with E-state index in [1.165, 1.54) is 0 Å². The zero-order valence-corrected chi connectivity index (χ0v) is 11.4. The van der Waals surface area contributed by atoms with E-state index < -0.39 is 22.0 Å². The largest absolute Gasteiger partial charge is 0.623 e. The van der Waals surface area contributed by atoms with Crippen LogP contribution in [0.3, 0.4) is 0 Å². The van der Waals surface area contributed by atoms with Crippen LogP contribution in [0.2, 0.25) is 0 Å². The number of aliphatic hydroxyl groups excluding tert-OH is 1. The summed E-state index contributed by atoms with van der Waals surface area (Å²) in [5.41, 5.74) is 0. The average molecular weight is 313 g/mol. The lowest BCUT2D eigenvalue weighted by atomic mass is 10.4. The third-order valence-corrected chi connectivity index (χ3v) is 3.99. The number of nitrogens with zero attached hydrogens (tertiary/aromatic N) is 4. The summed E-state index contributed by atoms with van der Waals surface area (Å²) >= 11 is 0.259. The molecule has 1 aromatic rings. The third-order valence-electron chi connectivity index (χ3n) is 2.91. The minimum atomic E-state index is -4.60. The number of halogens is 3. The molecule has 1 aliphatic rings. The summed E-state index contributed by atoms with van der Waals surface area (Å²) in [5, 5.41) is 29.5. The molecule has 0 aromatic carbocycles. The number of aliphatic hydroxyl groups is 1. The van der Waals surface area contributed by atoms with Gasteiger partial charge in [-0.15, -0.1) is 5.10 Å². The van der Waals surface area contributed by atoms with Crippen LogP contribution in [0.1, 0.15) is 5.01 Å². The molecular weight excluding hydrogens is 299 g/mol. The predicted molar refractivity (Wildman–Crippen MR) is 66.4 cm³/mol. The van der Waals surface area contributed by atoms with Crippen LogP contribution >= 0.6 is 11.3 Å². The van der Waals surface area contributed by atoms with Gasteiger partial charge < -0.3 is 10.3 Å². The minimum absolute atomic E-state index is 0.0183. The van der Waals surface area contributed by atoms with Gasteiger partial charge >= 0.3 is 11.3 Å². The highest BCUT2D eigenvalue weighted by atomic mass is 32.1. The lowest BCUT2D eigenvalue weighted by molar-refractivity contribution is -0.138. The maximum absolute atomic E-state index is 12.8. The molecule has 114 valence electrons. The molecular formula is C9H14F3N5O2S. The van der Waals surface area contributed by atoms with Crippen molar-refractivity contribution in [3.8, 4) is 0 Å². The second-order valence-electron chi connectivity index (χ2n) is 4.56. The van der Waals surface area contributed by atoms with Crippen LogP contribution in [0, 0.1) is 5.21 Å². The van der Waals surface area contributed by atoms with Crippen LogP contribution in [-0.2, 0) is 6.18 Å². The molecule has 2 rings (SSSR count). The van der Waals surface area contributed by atoms with Crippen LogP contribution in [0.5, 0.6) is 0 Å². The molecule has 2 N–H and O–H groups in total. The summed E-state index contributed by atoms with van der Waals surface area (Å²) in [6, 6.07) is 0. The van der Waals surface area contributed by atoms with Gasteiger partial charge in [-0.05, 0) is 18.4 Å². The van der Waals surface area contributed by atoms with E-state index in [1.54, 1.807) is 11.9 Å². The molecule has 0 spiro atoms. The van der Waals surface area contributed by atoms with Gasteiger partial charge in [0.1, 0.15) is 6.67 Å². The maximum Gasteiger partial charge on any atom is 0.445 e. The van der Waals surface area contributed by atoms with Crippen molar-refractivity contribution in [3.63, 3.8) is 0 Å². The highest BCUT2D eigenvalue weighted by Crippen LogP contribution is 2.38. The van der Waals surface area contributed by atoms with E-state index in [2.05, 4.69) is 15.5 Å². The molecule has 1 saturated heterocycles. The van der Waals surface area contributed by atoms with E-state index in [9.17, 15) is 18.4 Å². The molecule has 2 heterocycles. The van der Waals surface area contributed by atoms with Gasteiger partial charge in [0.25, 0.3) is 0 Å². The zero-order chi connectivity index (χ0) is 15.0. The van der Waals surface area contributed by atoms with E-state index in [-0.39, 0.29) is 36.3 Å². The topological polar surface area (TPSA) is 84.3 Å². The fourth-order valence-electron chi connectivity index (χ4n) is 2.06. The Labute approximate surface area is 116 Å². The van der Waals surface area contributed by atoms with Crippen LogP contribution in [0.15, 0.2) is 0 Å². The number of hydrogen-bond acceptors (Lipinski definition) is 7. The van der Waals surface area contributed by atoms with Gasteiger partial charge in [-0.1, -0.05) is 5.10 Å². The summed E-state index contributed by atoms with van der Waals surface area (Å²) in [4.78, 5) is 1.69. The number of alkyl halides is 3. The Balaban J connectivity index is 2.25. The van der Waals surface area contributed by atoms with Gasteiger partial charge in [0.05, 0.1) is 13.2 Å². The smallest absolute Gasteiger partial charge is 0.445 e. The second-order valence-corrected chi connectivity index (χ2v) is 5.51. The summed E-state index contributed by atoms with van der Waals surface area (Å²) in [6.45, 7) is 0.357. The van der Waals surface area contributed by atoms with Gasteiger partial charge in [0.15, 0.2) is 6.17 Å². The SMILES string of the molecule is CN1CC(NCCO)[N+]([O-])(c2nnc(C(F)(F)F)s2)C1. The molecule has 0 bridgehead atoms. The average Bonchev–Trinajstić information content (AvgIpc) is 2.92. The lowest BCUT2D eigenvalue weighted by Gasteiger charge is -2.39.